The van der Waals surface area contributed by atoms with Gasteiger partial charge in [-0.3, -0.25) is 9.59 Å². The Morgan fingerprint density at radius 3 is 2.58 bits per heavy atom. The van der Waals surface area contributed by atoms with Crippen molar-refractivity contribution in [2.45, 2.75) is 58.5 Å². The molecule has 1 aromatic rings. The number of aryl methyl sites for hydroxylation is 2. The van der Waals surface area contributed by atoms with Crippen molar-refractivity contribution in [3.63, 3.8) is 0 Å². The first-order valence-electron chi connectivity index (χ1n) is 8.46. The van der Waals surface area contributed by atoms with Gasteiger partial charge in [0.25, 0.3) is 5.56 Å². The smallest absolute Gasteiger partial charge is 0.315 e. The van der Waals surface area contributed by atoms with E-state index >= 15 is 0 Å². The van der Waals surface area contributed by atoms with Crippen LogP contribution in [0.3, 0.4) is 0 Å². The number of aromatic nitrogens is 1. The summed E-state index contributed by atoms with van der Waals surface area (Å²) in [5, 5.41) is 8.26. The SMILES string of the molecule is Cc1cc(C)c(CNC(=O)NCCC(=O)NC2CCCC2)c(=O)[nH]1. The zero-order chi connectivity index (χ0) is 17.5. The highest BCUT2D eigenvalue weighted by atomic mass is 16.2. The van der Waals surface area contributed by atoms with Crippen LogP contribution in [0.15, 0.2) is 10.9 Å². The lowest BCUT2D eigenvalue weighted by atomic mass is 10.1. The monoisotopic (exact) mass is 334 g/mol. The second kappa shape index (κ2) is 8.52. The van der Waals surface area contributed by atoms with Crippen LogP contribution in [0.4, 0.5) is 4.79 Å². The van der Waals surface area contributed by atoms with E-state index < -0.39 is 0 Å². The van der Waals surface area contributed by atoms with Crippen LogP contribution in [-0.4, -0.2) is 29.5 Å². The Morgan fingerprint density at radius 1 is 1.21 bits per heavy atom. The van der Waals surface area contributed by atoms with Crippen LogP contribution in [0.2, 0.25) is 0 Å². The molecule has 1 aromatic heterocycles. The fourth-order valence-corrected chi connectivity index (χ4v) is 2.99. The summed E-state index contributed by atoms with van der Waals surface area (Å²) in [6.45, 7) is 4.08. The summed E-state index contributed by atoms with van der Waals surface area (Å²) < 4.78 is 0. The number of hydrogen-bond acceptors (Lipinski definition) is 3. The average Bonchev–Trinajstić information content (AvgIpc) is 2.98. The van der Waals surface area contributed by atoms with E-state index in [2.05, 4.69) is 20.9 Å². The van der Waals surface area contributed by atoms with Gasteiger partial charge < -0.3 is 20.9 Å². The highest BCUT2D eigenvalue weighted by molar-refractivity contribution is 5.78. The molecule has 7 heteroatoms. The fourth-order valence-electron chi connectivity index (χ4n) is 2.99. The third kappa shape index (κ3) is 5.40. The molecule has 3 amide bonds. The lowest BCUT2D eigenvalue weighted by Gasteiger charge is -2.12. The zero-order valence-corrected chi connectivity index (χ0v) is 14.3. The molecule has 1 fully saturated rings. The first kappa shape index (κ1) is 18.0. The third-order valence-electron chi connectivity index (χ3n) is 4.28. The maximum Gasteiger partial charge on any atom is 0.315 e. The minimum absolute atomic E-state index is 0.0342. The first-order valence-corrected chi connectivity index (χ1v) is 8.46. The van der Waals surface area contributed by atoms with Gasteiger partial charge in [0.15, 0.2) is 0 Å². The van der Waals surface area contributed by atoms with E-state index in [1.807, 2.05) is 19.9 Å². The number of aromatic amines is 1. The normalized spacial score (nSPS) is 14.4. The van der Waals surface area contributed by atoms with Gasteiger partial charge in [0.1, 0.15) is 0 Å². The number of carbonyl (C=O) groups excluding carboxylic acids is 2. The van der Waals surface area contributed by atoms with Gasteiger partial charge in [-0.15, -0.1) is 0 Å². The minimum atomic E-state index is -0.386. The molecule has 1 aliphatic rings. The van der Waals surface area contributed by atoms with Crippen LogP contribution in [0.25, 0.3) is 0 Å². The van der Waals surface area contributed by atoms with Gasteiger partial charge in [0, 0.05) is 30.3 Å². The molecule has 1 saturated carbocycles. The molecular formula is C17H26N4O3. The third-order valence-corrected chi connectivity index (χ3v) is 4.28. The summed E-state index contributed by atoms with van der Waals surface area (Å²) in [7, 11) is 0. The molecule has 4 N–H and O–H groups in total. The van der Waals surface area contributed by atoms with Crippen molar-refractivity contribution < 1.29 is 9.59 Å². The van der Waals surface area contributed by atoms with Gasteiger partial charge in [-0.25, -0.2) is 4.79 Å². The zero-order valence-electron chi connectivity index (χ0n) is 14.3. The fraction of sp³-hybridized carbons (Fsp3) is 0.588. The number of nitrogens with one attached hydrogen (secondary N) is 4. The molecule has 0 bridgehead atoms. The molecule has 0 radical (unpaired) electrons. The van der Waals surface area contributed by atoms with Crippen LogP contribution >= 0.6 is 0 Å². The number of urea groups is 1. The quantitative estimate of drug-likeness (QED) is 0.629. The Morgan fingerprint density at radius 2 is 1.92 bits per heavy atom. The van der Waals surface area contributed by atoms with Gasteiger partial charge in [-0.05, 0) is 38.3 Å². The highest BCUT2D eigenvalue weighted by Crippen LogP contribution is 2.17. The minimum Gasteiger partial charge on any atom is -0.353 e. The Hall–Kier alpha value is -2.31. The molecule has 24 heavy (non-hydrogen) atoms. The van der Waals surface area contributed by atoms with Crippen molar-refractivity contribution in [1.29, 1.82) is 0 Å². The number of carbonyl (C=O) groups is 2. The van der Waals surface area contributed by atoms with Gasteiger partial charge >= 0.3 is 6.03 Å². The van der Waals surface area contributed by atoms with Gasteiger partial charge in [0.05, 0.1) is 6.54 Å². The largest absolute Gasteiger partial charge is 0.353 e. The maximum atomic E-state index is 11.9. The molecule has 1 aliphatic carbocycles. The van der Waals surface area contributed by atoms with E-state index in [0.29, 0.717) is 11.6 Å². The molecule has 132 valence electrons. The predicted octanol–water partition coefficient (Wildman–Crippen LogP) is 1.24. The summed E-state index contributed by atoms with van der Waals surface area (Å²) in [5.74, 6) is -0.0342. The molecular weight excluding hydrogens is 308 g/mol. The molecule has 1 heterocycles. The van der Waals surface area contributed by atoms with Crippen molar-refractivity contribution in [1.82, 2.24) is 20.9 Å². The Balaban J connectivity index is 1.68. The van der Waals surface area contributed by atoms with Crippen molar-refractivity contribution in [3.05, 3.63) is 33.2 Å². The summed E-state index contributed by atoms with van der Waals surface area (Å²) >= 11 is 0. The molecule has 0 saturated heterocycles. The summed E-state index contributed by atoms with van der Waals surface area (Å²) in [6.07, 6.45) is 4.69. The van der Waals surface area contributed by atoms with Gasteiger partial charge in [-0.2, -0.15) is 0 Å². The van der Waals surface area contributed by atoms with E-state index in [0.717, 1.165) is 24.1 Å². The Bertz CT molecular complexity index is 648. The van der Waals surface area contributed by atoms with Crippen LogP contribution in [0.5, 0.6) is 0 Å². The Kier molecular flexibility index (Phi) is 6.40. The molecule has 0 aromatic carbocycles. The van der Waals surface area contributed by atoms with Crippen LogP contribution in [0.1, 0.15) is 48.9 Å². The summed E-state index contributed by atoms with van der Waals surface area (Å²) in [6, 6.07) is 1.77. The van der Waals surface area contributed by atoms with Crippen LogP contribution < -0.4 is 21.5 Å². The number of hydrogen-bond donors (Lipinski definition) is 4. The van der Waals surface area contributed by atoms with E-state index in [4.69, 9.17) is 0 Å². The first-order chi connectivity index (χ1) is 11.5. The van der Waals surface area contributed by atoms with E-state index in [1.165, 1.54) is 12.8 Å². The van der Waals surface area contributed by atoms with E-state index in [9.17, 15) is 14.4 Å². The van der Waals surface area contributed by atoms with E-state index in [1.54, 1.807) is 0 Å². The molecule has 0 atom stereocenters. The average molecular weight is 334 g/mol. The molecule has 2 rings (SSSR count). The second-order valence-electron chi connectivity index (χ2n) is 6.35. The van der Waals surface area contributed by atoms with Gasteiger partial charge in [0.2, 0.25) is 5.91 Å². The number of H-pyrrole nitrogens is 1. The second-order valence-corrected chi connectivity index (χ2v) is 6.35. The predicted molar refractivity (Wildman–Crippen MR) is 91.8 cm³/mol. The summed E-state index contributed by atoms with van der Waals surface area (Å²) in [4.78, 5) is 38.1. The lowest BCUT2D eigenvalue weighted by Crippen LogP contribution is -2.39. The van der Waals surface area contributed by atoms with Crippen LogP contribution in [0, 0.1) is 13.8 Å². The van der Waals surface area contributed by atoms with E-state index in [-0.39, 0.29) is 37.0 Å². The molecule has 0 unspecified atom stereocenters. The standard InChI is InChI=1S/C17H26N4O3/c1-11-9-12(2)20-16(23)14(11)10-19-17(24)18-8-7-15(22)21-13-5-3-4-6-13/h9,13H,3-8,10H2,1-2H3,(H,20,23)(H,21,22)(H2,18,19,24). The van der Waals surface area contributed by atoms with Crippen molar-refractivity contribution in [2.75, 3.05) is 6.54 Å². The molecule has 0 aliphatic heterocycles. The number of rotatable bonds is 6. The summed E-state index contributed by atoms with van der Waals surface area (Å²) in [5.41, 5.74) is 1.98. The Labute approximate surface area is 141 Å². The van der Waals surface area contributed by atoms with Gasteiger partial charge in [-0.1, -0.05) is 12.8 Å². The lowest BCUT2D eigenvalue weighted by molar-refractivity contribution is -0.121. The topological polar surface area (TPSA) is 103 Å². The number of amides is 3. The van der Waals surface area contributed by atoms with Crippen molar-refractivity contribution in [2.24, 2.45) is 0 Å². The molecule has 0 spiro atoms. The molecule has 7 nitrogen and oxygen atoms in total. The van der Waals surface area contributed by atoms with Crippen LogP contribution in [-0.2, 0) is 11.3 Å². The van der Waals surface area contributed by atoms with Crippen molar-refractivity contribution in [3.8, 4) is 0 Å². The van der Waals surface area contributed by atoms with Crippen molar-refractivity contribution >= 4 is 11.9 Å². The maximum absolute atomic E-state index is 11.9. The number of pyridine rings is 1. The highest BCUT2D eigenvalue weighted by Gasteiger charge is 2.16.